The summed E-state index contributed by atoms with van der Waals surface area (Å²) in [5, 5.41) is 5.89. The molecule has 0 aliphatic carbocycles. The number of amides is 1. The van der Waals surface area contributed by atoms with Crippen molar-refractivity contribution in [1.29, 1.82) is 0 Å². The van der Waals surface area contributed by atoms with Gasteiger partial charge < -0.3 is 15.4 Å². The van der Waals surface area contributed by atoms with Crippen molar-refractivity contribution >= 4 is 11.7 Å². The van der Waals surface area contributed by atoms with Gasteiger partial charge in [-0.2, -0.15) is 0 Å². The first-order chi connectivity index (χ1) is 8.79. The van der Waals surface area contributed by atoms with E-state index in [2.05, 4.69) is 15.6 Å². The highest BCUT2D eigenvalue weighted by atomic mass is 16.5. The van der Waals surface area contributed by atoms with Gasteiger partial charge in [-0.05, 0) is 30.9 Å². The molecule has 1 amide bonds. The third kappa shape index (κ3) is 3.43. The molecule has 2 rings (SSSR count). The summed E-state index contributed by atoms with van der Waals surface area (Å²) in [6.45, 7) is 2.33. The molecular weight excluding hydrogens is 230 g/mol. The standard InChI is InChI=1S/C13H19N3O2/c1-14-12-8-11(2-5-15-12)13(17)16-9-10-3-6-18-7-4-10/h2,5,8,10H,3-4,6-7,9H2,1H3,(H,14,15)(H,16,17). The molecule has 1 aromatic heterocycles. The number of anilines is 1. The van der Waals surface area contributed by atoms with Crippen LogP contribution in [0.1, 0.15) is 23.2 Å². The molecule has 1 fully saturated rings. The van der Waals surface area contributed by atoms with Gasteiger partial charge in [0.15, 0.2) is 0 Å². The third-order valence-corrected chi connectivity index (χ3v) is 3.17. The fourth-order valence-corrected chi connectivity index (χ4v) is 2.00. The number of ether oxygens (including phenoxy) is 1. The summed E-state index contributed by atoms with van der Waals surface area (Å²) in [5.74, 6) is 1.20. The quantitative estimate of drug-likeness (QED) is 0.843. The first-order valence-electron chi connectivity index (χ1n) is 6.29. The number of hydrogen-bond acceptors (Lipinski definition) is 4. The highest BCUT2D eigenvalue weighted by Crippen LogP contribution is 2.13. The lowest BCUT2D eigenvalue weighted by Crippen LogP contribution is -2.32. The summed E-state index contributed by atoms with van der Waals surface area (Å²) >= 11 is 0. The number of nitrogens with one attached hydrogen (secondary N) is 2. The fourth-order valence-electron chi connectivity index (χ4n) is 2.00. The predicted octanol–water partition coefficient (Wildman–Crippen LogP) is 1.28. The van der Waals surface area contributed by atoms with Gasteiger partial charge in [-0.3, -0.25) is 4.79 Å². The van der Waals surface area contributed by atoms with Crippen LogP contribution in [0.3, 0.4) is 0 Å². The molecule has 1 aliphatic heterocycles. The molecule has 0 unspecified atom stereocenters. The normalized spacial score (nSPS) is 16.3. The lowest BCUT2D eigenvalue weighted by atomic mass is 10.0. The van der Waals surface area contributed by atoms with Crippen molar-refractivity contribution in [3.63, 3.8) is 0 Å². The summed E-state index contributed by atoms with van der Waals surface area (Å²) in [7, 11) is 1.78. The maximum atomic E-state index is 12.0. The minimum Gasteiger partial charge on any atom is -0.381 e. The van der Waals surface area contributed by atoms with E-state index in [1.807, 2.05) is 0 Å². The van der Waals surface area contributed by atoms with E-state index in [0.717, 1.165) is 32.6 Å². The number of hydrogen-bond donors (Lipinski definition) is 2. The molecule has 98 valence electrons. The molecule has 18 heavy (non-hydrogen) atoms. The summed E-state index contributed by atoms with van der Waals surface area (Å²) < 4.78 is 5.29. The SMILES string of the molecule is CNc1cc(C(=O)NCC2CCOCC2)ccn1. The zero-order valence-corrected chi connectivity index (χ0v) is 10.6. The van der Waals surface area contributed by atoms with E-state index in [1.165, 1.54) is 0 Å². The average molecular weight is 249 g/mol. The van der Waals surface area contributed by atoms with Crippen molar-refractivity contribution < 1.29 is 9.53 Å². The van der Waals surface area contributed by atoms with Gasteiger partial charge in [0, 0.05) is 38.6 Å². The van der Waals surface area contributed by atoms with Crippen LogP contribution in [0, 0.1) is 5.92 Å². The second-order valence-electron chi connectivity index (χ2n) is 4.45. The van der Waals surface area contributed by atoms with Gasteiger partial charge >= 0.3 is 0 Å². The number of carbonyl (C=O) groups excluding carboxylic acids is 1. The monoisotopic (exact) mass is 249 g/mol. The summed E-state index contributed by atoms with van der Waals surface area (Å²) in [4.78, 5) is 16.0. The van der Waals surface area contributed by atoms with Crippen molar-refractivity contribution in [2.24, 2.45) is 5.92 Å². The van der Waals surface area contributed by atoms with Crippen LogP contribution in [0.25, 0.3) is 0 Å². The van der Waals surface area contributed by atoms with Crippen molar-refractivity contribution in [3.05, 3.63) is 23.9 Å². The van der Waals surface area contributed by atoms with Crippen LogP contribution in [0.2, 0.25) is 0 Å². The number of carbonyl (C=O) groups is 1. The Kier molecular flexibility index (Phi) is 4.52. The van der Waals surface area contributed by atoms with Crippen LogP contribution in [0.5, 0.6) is 0 Å². The first kappa shape index (κ1) is 12.8. The molecule has 0 spiro atoms. The van der Waals surface area contributed by atoms with Crippen LogP contribution in [0.15, 0.2) is 18.3 Å². The Morgan fingerprint density at radius 3 is 3.00 bits per heavy atom. The van der Waals surface area contributed by atoms with Crippen molar-refractivity contribution in [2.75, 3.05) is 32.1 Å². The molecule has 0 aromatic carbocycles. The molecule has 5 heteroatoms. The van der Waals surface area contributed by atoms with Gasteiger partial charge in [-0.25, -0.2) is 4.98 Å². The van der Waals surface area contributed by atoms with Crippen molar-refractivity contribution in [1.82, 2.24) is 10.3 Å². The molecule has 0 atom stereocenters. The van der Waals surface area contributed by atoms with Gasteiger partial charge in [0.1, 0.15) is 5.82 Å². The second-order valence-corrected chi connectivity index (χ2v) is 4.45. The molecule has 0 bridgehead atoms. The van der Waals surface area contributed by atoms with E-state index >= 15 is 0 Å². The highest BCUT2D eigenvalue weighted by Gasteiger charge is 2.15. The van der Waals surface area contributed by atoms with Gasteiger partial charge in [0.2, 0.25) is 0 Å². The van der Waals surface area contributed by atoms with Gasteiger partial charge in [-0.1, -0.05) is 0 Å². The lowest BCUT2D eigenvalue weighted by molar-refractivity contribution is 0.0642. The Hall–Kier alpha value is -1.62. The number of pyridine rings is 1. The Morgan fingerprint density at radius 1 is 1.50 bits per heavy atom. The van der Waals surface area contributed by atoms with Crippen molar-refractivity contribution in [3.8, 4) is 0 Å². The van der Waals surface area contributed by atoms with Crippen molar-refractivity contribution in [2.45, 2.75) is 12.8 Å². The van der Waals surface area contributed by atoms with Crippen LogP contribution in [0.4, 0.5) is 5.82 Å². The van der Waals surface area contributed by atoms with E-state index < -0.39 is 0 Å². The van der Waals surface area contributed by atoms with E-state index in [4.69, 9.17) is 4.74 Å². The summed E-state index contributed by atoms with van der Waals surface area (Å²) in [6.07, 6.45) is 3.69. The Bertz CT molecular complexity index is 403. The predicted molar refractivity (Wildman–Crippen MR) is 69.7 cm³/mol. The zero-order chi connectivity index (χ0) is 12.8. The zero-order valence-electron chi connectivity index (χ0n) is 10.6. The molecule has 0 saturated carbocycles. The van der Waals surface area contributed by atoms with E-state index in [1.54, 1.807) is 25.4 Å². The maximum absolute atomic E-state index is 12.0. The lowest BCUT2D eigenvalue weighted by Gasteiger charge is -2.22. The smallest absolute Gasteiger partial charge is 0.251 e. The van der Waals surface area contributed by atoms with Gasteiger partial charge in [0.05, 0.1) is 0 Å². The molecule has 1 aliphatic rings. The van der Waals surface area contributed by atoms with Crippen LogP contribution in [-0.4, -0.2) is 37.7 Å². The minimum absolute atomic E-state index is 0.0413. The topological polar surface area (TPSA) is 63.2 Å². The highest BCUT2D eigenvalue weighted by molar-refractivity contribution is 5.94. The average Bonchev–Trinajstić information content (AvgIpc) is 2.46. The molecule has 2 N–H and O–H groups in total. The molecule has 5 nitrogen and oxygen atoms in total. The Balaban J connectivity index is 1.86. The van der Waals surface area contributed by atoms with Gasteiger partial charge in [0.25, 0.3) is 5.91 Å². The van der Waals surface area contributed by atoms with Crippen LogP contribution in [-0.2, 0) is 4.74 Å². The largest absolute Gasteiger partial charge is 0.381 e. The number of aromatic nitrogens is 1. The number of nitrogens with zero attached hydrogens (tertiary/aromatic N) is 1. The van der Waals surface area contributed by atoms with E-state index in [0.29, 0.717) is 17.3 Å². The first-order valence-corrected chi connectivity index (χ1v) is 6.29. The van der Waals surface area contributed by atoms with Crippen LogP contribution < -0.4 is 10.6 Å². The van der Waals surface area contributed by atoms with E-state index in [-0.39, 0.29) is 5.91 Å². The fraction of sp³-hybridized carbons (Fsp3) is 0.538. The maximum Gasteiger partial charge on any atom is 0.251 e. The molecule has 1 aromatic rings. The third-order valence-electron chi connectivity index (χ3n) is 3.17. The Morgan fingerprint density at radius 2 is 2.28 bits per heavy atom. The minimum atomic E-state index is -0.0413. The molecule has 1 saturated heterocycles. The van der Waals surface area contributed by atoms with E-state index in [9.17, 15) is 4.79 Å². The molecule has 2 heterocycles. The molecule has 0 radical (unpaired) electrons. The second kappa shape index (κ2) is 6.35. The summed E-state index contributed by atoms with van der Waals surface area (Å²) in [6, 6.07) is 3.47. The van der Waals surface area contributed by atoms with Gasteiger partial charge in [-0.15, -0.1) is 0 Å². The summed E-state index contributed by atoms with van der Waals surface area (Å²) in [5.41, 5.74) is 0.640. The number of rotatable bonds is 4. The van der Waals surface area contributed by atoms with Crippen LogP contribution >= 0.6 is 0 Å². The Labute approximate surface area is 107 Å². The molecular formula is C13H19N3O2.